The SMILES string of the molecule is CC(=O)[C@H]1CC[C@H]2[C@@H]3CC(=O)C4=CC(=O)CC[C@]4(C)[C@H]3CC[C@]12C. The molecule has 0 N–H and O–H groups in total. The molecule has 0 heterocycles. The highest BCUT2D eigenvalue weighted by Gasteiger charge is 2.61. The topological polar surface area (TPSA) is 51.2 Å². The lowest BCUT2D eigenvalue weighted by Gasteiger charge is -2.57. The number of ketones is 3. The van der Waals surface area contributed by atoms with Crippen LogP contribution in [0.4, 0.5) is 0 Å². The predicted molar refractivity (Wildman–Crippen MR) is 91.3 cm³/mol. The molecule has 4 aliphatic rings. The van der Waals surface area contributed by atoms with Crippen molar-refractivity contribution in [3.8, 4) is 0 Å². The third kappa shape index (κ3) is 1.99. The van der Waals surface area contributed by atoms with Crippen molar-refractivity contribution in [1.82, 2.24) is 0 Å². The normalized spacial score (nSPS) is 47.5. The Morgan fingerprint density at radius 1 is 1.08 bits per heavy atom. The largest absolute Gasteiger partial charge is 0.300 e. The van der Waals surface area contributed by atoms with Crippen LogP contribution in [0.1, 0.15) is 65.7 Å². The van der Waals surface area contributed by atoms with Gasteiger partial charge in [0.1, 0.15) is 5.78 Å². The maximum absolute atomic E-state index is 12.9. The maximum atomic E-state index is 12.9. The van der Waals surface area contributed by atoms with Gasteiger partial charge in [-0.1, -0.05) is 13.8 Å². The molecule has 130 valence electrons. The fourth-order valence-electron chi connectivity index (χ4n) is 7.05. The number of carbonyl (C=O) groups excluding carboxylic acids is 3. The van der Waals surface area contributed by atoms with Crippen molar-refractivity contribution >= 4 is 17.3 Å². The Hall–Kier alpha value is -1.25. The Labute approximate surface area is 144 Å². The molecule has 3 heteroatoms. The molecule has 0 aromatic heterocycles. The molecule has 0 aromatic rings. The second-order valence-corrected chi connectivity index (χ2v) is 9.23. The van der Waals surface area contributed by atoms with Gasteiger partial charge >= 0.3 is 0 Å². The first-order valence-corrected chi connectivity index (χ1v) is 9.56. The van der Waals surface area contributed by atoms with Crippen LogP contribution in [0.3, 0.4) is 0 Å². The molecule has 0 aromatic carbocycles. The summed E-state index contributed by atoms with van der Waals surface area (Å²) >= 11 is 0. The van der Waals surface area contributed by atoms with Crippen LogP contribution in [0.15, 0.2) is 11.6 Å². The van der Waals surface area contributed by atoms with Crippen LogP contribution >= 0.6 is 0 Å². The third-order valence-electron chi connectivity index (χ3n) is 8.28. The maximum Gasteiger partial charge on any atom is 0.159 e. The lowest BCUT2D eigenvalue weighted by molar-refractivity contribution is -0.134. The van der Waals surface area contributed by atoms with Crippen molar-refractivity contribution in [2.45, 2.75) is 65.7 Å². The van der Waals surface area contributed by atoms with E-state index in [2.05, 4.69) is 13.8 Å². The first-order valence-electron chi connectivity index (χ1n) is 9.56. The average molecular weight is 328 g/mol. The van der Waals surface area contributed by atoms with Crippen LogP contribution in [-0.2, 0) is 14.4 Å². The van der Waals surface area contributed by atoms with Crippen molar-refractivity contribution in [3.05, 3.63) is 11.6 Å². The highest BCUT2D eigenvalue weighted by Crippen LogP contribution is 2.66. The first-order chi connectivity index (χ1) is 11.3. The molecule has 3 saturated carbocycles. The minimum atomic E-state index is -0.121. The van der Waals surface area contributed by atoms with E-state index in [-0.39, 0.29) is 28.3 Å². The summed E-state index contributed by atoms with van der Waals surface area (Å²) in [5, 5.41) is 0. The molecule has 3 nitrogen and oxygen atoms in total. The van der Waals surface area contributed by atoms with Gasteiger partial charge in [-0.2, -0.15) is 0 Å². The number of carbonyl (C=O) groups is 3. The van der Waals surface area contributed by atoms with Crippen molar-refractivity contribution < 1.29 is 14.4 Å². The number of rotatable bonds is 1. The van der Waals surface area contributed by atoms with Gasteiger partial charge in [-0.25, -0.2) is 0 Å². The number of hydrogen-bond donors (Lipinski definition) is 0. The molecular formula is C21H28O3. The Balaban J connectivity index is 1.72. The summed E-state index contributed by atoms with van der Waals surface area (Å²) in [6.07, 6.45) is 7.91. The highest BCUT2D eigenvalue weighted by atomic mass is 16.1. The monoisotopic (exact) mass is 328 g/mol. The molecule has 24 heavy (non-hydrogen) atoms. The number of Topliss-reactive ketones (excluding diaryl/α,β-unsaturated/α-hetero) is 2. The van der Waals surface area contributed by atoms with Gasteiger partial charge in [0, 0.05) is 24.3 Å². The van der Waals surface area contributed by atoms with E-state index in [1.807, 2.05) is 0 Å². The van der Waals surface area contributed by atoms with Gasteiger partial charge in [0.2, 0.25) is 0 Å². The van der Waals surface area contributed by atoms with Crippen molar-refractivity contribution in [3.63, 3.8) is 0 Å². The van der Waals surface area contributed by atoms with Crippen LogP contribution < -0.4 is 0 Å². The average Bonchev–Trinajstić information content (AvgIpc) is 2.87. The van der Waals surface area contributed by atoms with E-state index < -0.39 is 0 Å². The summed E-state index contributed by atoms with van der Waals surface area (Å²) in [5.74, 6) is 2.21. The Bertz CT molecular complexity index is 660. The van der Waals surface area contributed by atoms with Crippen molar-refractivity contribution in [2.75, 3.05) is 0 Å². The van der Waals surface area contributed by atoms with Gasteiger partial charge in [-0.05, 0) is 73.7 Å². The zero-order valence-electron chi connectivity index (χ0n) is 15.1. The Morgan fingerprint density at radius 3 is 2.54 bits per heavy atom. The fraction of sp³-hybridized carbons (Fsp3) is 0.762. The van der Waals surface area contributed by atoms with Gasteiger partial charge in [0.05, 0.1) is 0 Å². The first kappa shape index (κ1) is 16.2. The molecule has 0 spiro atoms. The van der Waals surface area contributed by atoms with Crippen molar-refractivity contribution in [1.29, 1.82) is 0 Å². The summed E-state index contributed by atoms with van der Waals surface area (Å²) in [6, 6.07) is 0. The lowest BCUT2D eigenvalue weighted by Crippen LogP contribution is -2.53. The summed E-state index contributed by atoms with van der Waals surface area (Å²) in [5.41, 5.74) is 0.767. The highest BCUT2D eigenvalue weighted by molar-refractivity contribution is 6.05. The minimum absolute atomic E-state index is 0.0787. The molecule has 0 bridgehead atoms. The molecule has 4 rings (SSSR count). The molecule has 4 aliphatic carbocycles. The summed E-state index contributed by atoms with van der Waals surface area (Å²) < 4.78 is 0. The van der Waals surface area contributed by atoms with Gasteiger partial charge < -0.3 is 0 Å². The number of fused-ring (bicyclic) bond motifs is 5. The van der Waals surface area contributed by atoms with Crippen LogP contribution in [-0.4, -0.2) is 17.3 Å². The standard InChI is InChI=1S/C21H28O3/c1-12(22)15-4-5-16-14-11-19(24)18-10-13(23)6-8-21(18,3)17(14)7-9-20(15,16)2/h10,14-17H,4-9,11H2,1-3H3/t14-,15+,16-,17-,20+,21+/m0/s1. The van der Waals surface area contributed by atoms with Gasteiger partial charge in [0.15, 0.2) is 11.6 Å². The van der Waals surface area contributed by atoms with Crippen molar-refractivity contribution in [2.24, 2.45) is 34.5 Å². The quantitative estimate of drug-likeness (QED) is 0.733. The van der Waals surface area contributed by atoms with Crippen LogP contribution in [0.5, 0.6) is 0 Å². The predicted octanol–water partition coefficient (Wildman–Crippen LogP) is 3.90. The smallest absolute Gasteiger partial charge is 0.159 e. The third-order valence-corrected chi connectivity index (χ3v) is 8.28. The van der Waals surface area contributed by atoms with E-state index >= 15 is 0 Å². The lowest BCUT2D eigenvalue weighted by atomic mass is 9.46. The molecule has 0 saturated heterocycles. The van der Waals surface area contributed by atoms with E-state index in [0.717, 1.165) is 37.7 Å². The van der Waals surface area contributed by atoms with E-state index in [9.17, 15) is 14.4 Å². The molecule has 0 amide bonds. The van der Waals surface area contributed by atoms with Gasteiger partial charge in [0.25, 0.3) is 0 Å². The molecule has 0 radical (unpaired) electrons. The Kier molecular flexibility index (Phi) is 3.47. The number of allylic oxidation sites excluding steroid dienone is 1. The molecule has 0 aliphatic heterocycles. The van der Waals surface area contributed by atoms with Gasteiger partial charge in [-0.15, -0.1) is 0 Å². The minimum Gasteiger partial charge on any atom is -0.300 e. The van der Waals surface area contributed by atoms with E-state index in [4.69, 9.17) is 0 Å². The van der Waals surface area contributed by atoms with E-state index in [1.165, 1.54) is 0 Å². The van der Waals surface area contributed by atoms with Crippen LogP contribution in [0, 0.1) is 34.5 Å². The fourth-order valence-corrected chi connectivity index (χ4v) is 7.05. The zero-order chi connectivity index (χ0) is 17.3. The second kappa shape index (κ2) is 5.12. The second-order valence-electron chi connectivity index (χ2n) is 9.23. The summed E-state index contributed by atoms with van der Waals surface area (Å²) in [4.78, 5) is 36.9. The molecule has 0 unspecified atom stereocenters. The Morgan fingerprint density at radius 2 is 1.83 bits per heavy atom. The molecule has 3 fully saturated rings. The number of hydrogen-bond acceptors (Lipinski definition) is 3. The zero-order valence-corrected chi connectivity index (χ0v) is 15.1. The summed E-state index contributed by atoms with van der Waals surface area (Å²) in [7, 11) is 0. The molecular weight excluding hydrogens is 300 g/mol. The molecule has 6 atom stereocenters. The van der Waals surface area contributed by atoms with Crippen LogP contribution in [0.25, 0.3) is 0 Å². The van der Waals surface area contributed by atoms with Crippen LogP contribution in [0.2, 0.25) is 0 Å². The van der Waals surface area contributed by atoms with Gasteiger partial charge in [-0.3, -0.25) is 14.4 Å². The summed E-state index contributed by atoms with van der Waals surface area (Å²) in [6.45, 7) is 6.26. The van der Waals surface area contributed by atoms with E-state index in [1.54, 1.807) is 13.0 Å². The van der Waals surface area contributed by atoms with E-state index in [0.29, 0.717) is 36.4 Å².